The molecule has 2 aliphatic heterocycles. The highest BCUT2D eigenvalue weighted by Gasteiger charge is 2.31. The molecule has 0 aromatic rings. The summed E-state index contributed by atoms with van der Waals surface area (Å²) in [5.74, 6) is 0.544. The van der Waals surface area contributed by atoms with E-state index in [1.807, 2.05) is 31.7 Å². The monoisotopic (exact) mass is 441 g/mol. The van der Waals surface area contributed by atoms with Crippen molar-refractivity contribution in [2.75, 3.05) is 26.2 Å². The third-order valence-corrected chi connectivity index (χ3v) is 6.16. The summed E-state index contributed by atoms with van der Waals surface area (Å²) in [4.78, 5) is 28.9. The SMILES string of the molecule is CC(C)(C)OC(=O)N1CC[C@@H](NC(=O)N2CCCCC(C3=C/C=C\C=C/C=C\3)CCC2)C1. The number of hydrogen-bond acceptors (Lipinski definition) is 3. The molecule has 6 nitrogen and oxygen atoms in total. The highest BCUT2D eigenvalue weighted by molar-refractivity contribution is 5.75. The molecular weight excluding hydrogens is 402 g/mol. The lowest BCUT2D eigenvalue weighted by atomic mass is 9.88. The number of urea groups is 1. The van der Waals surface area contributed by atoms with Gasteiger partial charge < -0.3 is 19.9 Å². The highest BCUT2D eigenvalue weighted by Crippen LogP contribution is 2.27. The molecule has 0 aromatic heterocycles. The van der Waals surface area contributed by atoms with Gasteiger partial charge in [-0.15, -0.1) is 0 Å². The van der Waals surface area contributed by atoms with Crippen LogP contribution in [0.1, 0.15) is 59.3 Å². The Kier molecular flexibility index (Phi) is 8.60. The normalized spacial score (nSPS) is 29.3. The van der Waals surface area contributed by atoms with Crippen LogP contribution in [0.2, 0.25) is 0 Å². The van der Waals surface area contributed by atoms with E-state index in [2.05, 4.69) is 41.8 Å². The summed E-state index contributed by atoms with van der Waals surface area (Å²) in [5.41, 5.74) is 0.880. The Hall–Kier alpha value is -2.50. The van der Waals surface area contributed by atoms with Crippen molar-refractivity contribution >= 4 is 12.1 Å². The van der Waals surface area contributed by atoms with Crippen LogP contribution in [0.5, 0.6) is 0 Å². The van der Waals surface area contributed by atoms with Gasteiger partial charge in [-0.2, -0.15) is 0 Å². The molecule has 0 aromatic carbocycles. The molecular formula is C26H39N3O3. The van der Waals surface area contributed by atoms with E-state index < -0.39 is 5.60 Å². The van der Waals surface area contributed by atoms with Crippen molar-refractivity contribution < 1.29 is 14.3 Å². The molecule has 2 heterocycles. The molecule has 0 radical (unpaired) electrons. The second-order valence-corrected chi connectivity index (χ2v) is 9.98. The van der Waals surface area contributed by atoms with Gasteiger partial charge in [0.2, 0.25) is 0 Å². The van der Waals surface area contributed by atoms with Crippen molar-refractivity contribution in [1.82, 2.24) is 15.1 Å². The Labute approximate surface area is 193 Å². The van der Waals surface area contributed by atoms with Crippen LogP contribution >= 0.6 is 0 Å². The fraction of sp³-hybridized carbons (Fsp3) is 0.615. The van der Waals surface area contributed by atoms with Gasteiger partial charge in [0.15, 0.2) is 0 Å². The minimum absolute atomic E-state index is 0.00220. The van der Waals surface area contributed by atoms with Crippen molar-refractivity contribution in [2.45, 2.75) is 70.9 Å². The molecule has 0 bridgehead atoms. The second kappa shape index (κ2) is 11.4. The maximum absolute atomic E-state index is 12.9. The van der Waals surface area contributed by atoms with Gasteiger partial charge in [0.25, 0.3) is 0 Å². The zero-order valence-electron chi connectivity index (χ0n) is 19.9. The number of amides is 3. The van der Waals surface area contributed by atoms with Gasteiger partial charge in [-0.25, -0.2) is 9.59 Å². The summed E-state index contributed by atoms with van der Waals surface area (Å²) >= 11 is 0. The van der Waals surface area contributed by atoms with Crippen LogP contribution in [-0.2, 0) is 4.74 Å². The molecule has 2 saturated heterocycles. The van der Waals surface area contributed by atoms with Crippen LogP contribution in [0.4, 0.5) is 9.59 Å². The fourth-order valence-corrected chi connectivity index (χ4v) is 4.50. The molecule has 1 N–H and O–H groups in total. The molecule has 1 unspecified atom stereocenters. The summed E-state index contributed by atoms with van der Waals surface area (Å²) in [6.45, 7) is 8.30. The van der Waals surface area contributed by atoms with Crippen LogP contribution in [0.15, 0.2) is 48.1 Å². The Bertz CT molecular complexity index is 776. The van der Waals surface area contributed by atoms with Gasteiger partial charge in [0.05, 0.1) is 0 Å². The van der Waals surface area contributed by atoms with E-state index in [0.29, 0.717) is 19.0 Å². The Morgan fingerprint density at radius 1 is 0.906 bits per heavy atom. The van der Waals surface area contributed by atoms with Crippen LogP contribution in [0, 0.1) is 5.92 Å². The van der Waals surface area contributed by atoms with Gasteiger partial charge in [0.1, 0.15) is 5.60 Å². The highest BCUT2D eigenvalue weighted by atomic mass is 16.6. The maximum Gasteiger partial charge on any atom is 0.410 e. The molecule has 2 fully saturated rings. The van der Waals surface area contributed by atoms with Crippen molar-refractivity contribution in [2.24, 2.45) is 5.92 Å². The lowest BCUT2D eigenvalue weighted by Crippen LogP contribution is -2.47. The van der Waals surface area contributed by atoms with Crippen LogP contribution in [0.25, 0.3) is 0 Å². The van der Waals surface area contributed by atoms with E-state index in [1.54, 1.807) is 4.90 Å². The molecule has 1 aliphatic carbocycles. The minimum atomic E-state index is -0.506. The molecule has 3 rings (SSSR count). The molecule has 0 saturated carbocycles. The van der Waals surface area contributed by atoms with Crippen molar-refractivity contribution in [3.63, 3.8) is 0 Å². The first kappa shape index (κ1) is 24.1. The average Bonchev–Trinajstić information content (AvgIpc) is 3.19. The topological polar surface area (TPSA) is 61.9 Å². The number of hydrogen-bond donors (Lipinski definition) is 1. The van der Waals surface area contributed by atoms with E-state index >= 15 is 0 Å². The molecule has 2 atom stereocenters. The van der Waals surface area contributed by atoms with E-state index in [9.17, 15) is 9.59 Å². The smallest absolute Gasteiger partial charge is 0.410 e. The molecule has 3 amide bonds. The van der Waals surface area contributed by atoms with E-state index in [1.165, 1.54) is 5.57 Å². The number of allylic oxidation sites excluding steroid dienone is 8. The zero-order valence-corrected chi connectivity index (χ0v) is 19.9. The van der Waals surface area contributed by atoms with Gasteiger partial charge in [-0.1, -0.05) is 49.0 Å². The second-order valence-electron chi connectivity index (χ2n) is 9.98. The summed E-state index contributed by atoms with van der Waals surface area (Å²) in [6.07, 6.45) is 20.7. The van der Waals surface area contributed by atoms with Crippen molar-refractivity contribution in [3.8, 4) is 0 Å². The minimum Gasteiger partial charge on any atom is -0.444 e. The van der Waals surface area contributed by atoms with Crippen molar-refractivity contribution in [3.05, 3.63) is 48.1 Å². The molecule has 176 valence electrons. The number of nitrogens with one attached hydrogen (secondary N) is 1. The predicted molar refractivity (Wildman–Crippen MR) is 128 cm³/mol. The Balaban J connectivity index is 1.48. The lowest BCUT2D eigenvalue weighted by Gasteiger charge is -2.26. The first-order valence-electron chi connectivity index (χ1n) is 12.1. The van der Waals surface area contributed by atoms with Gasteiger partial charge >= 0.3 is 12.1 Å². The van der Waals surface area contributed by atoms with Gasteiger partial charge in [-0.3, -0.25) is 0 Å². The van der Waals surface area contributed by atoms with E-state index in [4.69, 9.17) is 4.74 Å². The van der Waals surface area contributed by atoms with E-state index in [-0.39, 0.29) is 18.2 Å². The average molecular weight is 442 g/mol. The van der Waals surface area contributed by atoms with Crippen LogP contribution in [0.3, 0.4) is 0 Å². The quantitative estimate of drug-likeness (QED) is 0.641. The molecule has 6 heteroatoms. The van der Waals surface area contributed by atoms with Gasteiger partial charge in [-0.05, 0) is 64.4 Å². The van der Waals surface area contributed by atoms with E-state index in [0.717, 1.165) is 51.6 Å². The third kappa shape index (κ3) is 7.57. The van der Waals surface area contributed by atoms with Crippen molar-refractivity contribution in [1.29, 1.82) is 0 Å². The third-order valence-electron chi connectivity index (χ3n) is 6.16. The summed E-state index contributed by atoms with van der Waals surface area (Å²) in [7, 11) is 0. The maximum atomic E-state index is 12.9. The summed E-state index contributed by atoms with van der Waals surface area (Å²) < 4.78 is 5.46. The zero-order chi connectivity index (χ0) is 23.0. The Morgan fingerprint density at radius 3 is 2.44 bits per heavy atom. The number of carbonyl (C=O) groups excluding carboxylic acids is 2. The first-order valence-corrected chi connectivity index (χ1v) is 12.1. The number of nitrogens with zero attached hydrogens (tertiary/aromatic N) is 2. The van der Waals surface area contributed by atoms with Crippen LogP contribution in [-0.4, -0.2) is 59.7 Å². The number of likely N-dealkylation sites (tertiary alicyclic amines) is 1. The van der Waals surface area contributed by atoms with Gasteiger partial charge in [0, 0.05) is 32.2 Å². The first-order chi connectivity index (χ1) is 15.3. The fourth-order valence-electron chi connectivity index (χ4n) is 4.50. The summed E-state index contributed by atoms with van der Waals surface area (Å²) in [6, 6.07) is -0.0157. The molecule has 3 aliphatic rings. The standard InChI is InChI=1S/C26H39N3O3/c1-26(2,3)32-25(31)29-19-16-23(20-29)27-24(30)28-17-10-9-14-22(15-11-18-28)21-12-7-5-4-6-8-13-21/h4-8,12-13,22-23H,9-11,14-20H2,1-3H3,(H,27,30)/b5-4-,6-4?,7-5?,8-6-,12-7-,13-8?,21-12?,21-13+/t22?,23-/m1/s1. The lowest BCUT2D eigenvalue weighted by molar-refractivity contribution is 0.0291. The number of carbonyl (C=O) groups is 2. The summed E-state index contributed by atoms with van der Waals surface area (Å²) in [5, 5.41) is 3.15. The molecule has 32 heavy (non-hydrogen) atoms. The largest absolute Gasteiger partial charge is 0.444 e. The van der Waals surface area contributed by atoms with Crippen LogP contribution < -0.4 is 5.32 Å². The Morgan fingerprint density at radius 2 is 1.62 bits per heavy atom. The molecule has 0 spiro atoms. The predicted octanol–water partition coefficient (Wildman–Crippen LogP) is 5.20. The number of rotatable bonds is 2. The number of ether oxygens (including phenoxy) is 1.